The SMILES string of the molecule is O=C1N/[N+](=C(/c2ccccc2)c2ccc([N+](=O)[O-])cc2)C(=O)N1c1ccccc1. The number of hydrogen-bond donors (Lipinski definition) is 1. The van der Waals surface area contributed by atoms with E-state index in [1.807, 2.05) is 6.07 Å². The number of hydrazine groups is 1. The third-order valence-electron chi connectivity index (χ3n) is 4.43. The molecule has 3 aromatic carbocycles. The van der Waals surface area contributed by atoms with E-state index in [9.17, 15) is 19.7 Å². The molecular weight excluding hydrogens is 372 g/mol. The van der Waals surface area contributed by atoms with Crippen LogP contribution >= 0.6 is 0 Å². The van der Waals surface area contributed by atoms with E-state index in [1.54, 1.807) is 66.7 Å². The number of hydrazone groups is 1. The summed E-state index contributed by atoms with van der Waals surface area (Å²) in [7, 11) is 0. The number of carbonyl (C=O) groups is 2. The van der Waals surface area contributed by atoms with Crippen LogP contribution in [0.3, 0.4) is 0 Å². The maximum absolute atomic E-state index is 13.1. The molecule has 8 nitrogen and oxygen atoms in total. The normalized spacial score (nSPS) is 15.2. The highest BCUT2D eigenvalue weighted by Crippen LogP contribution is 2.21. The molecule has 4 amide bonds. The number of nitrogens with zero attached hydrogens (tertiary/aromatic N) is 3. The summed E-state index contributed by atoms with van der Waals surface area (Å²) in [5, 5.41) is 11.0. The molecule has 29 heavy (non-hydrogen) atoms. The van der Waals surface area contributed by atoms with Crippen LogP contribution in [0.5, 0.6) is 0 Å². The van der Waals surface area contributed by atoms with Gasteiger partial charge in [0.1, 0.15) is 5.69 Å². The fourth-order valence-electron chi connectivity index (χ4n) is 3.10. The van der Waals surface area contributed by atoms with Gasteiger partial charge in [-0.1, -0.05) is 53.2 Å². The summed E-state index contributed by atoms with van der Waals surface area (Å²) in [5.74, 6) is 0. The molecule has 1 aliphatic heterocycles. The lowest BCUT2D eigenvalue weighted by molar-refractivity contribution is -0.462. The van der Waals surface area contributed by atoms with Gasteiger partial charge in [0.05, 0.1) is 4.92 Å². The highest BCUT2D eigenvalue weighted by molar-refractivity contribution is 6.18. The van der Waals surface area contributed by atoms with Crippen molar-refractivity contribution in [3.8, 4) is 0 Å². The number of rotatable bonds is 4. The number of nitrogens with one attached hydrogen (secondary N) is 1. The molecule has 1 N–H and O–H groups in total. The summed E-state index contributed by atoms with van der Waals surface area (Å²) in [6.45, 7) is 0. The van der Waals surface area contributed by atoms with Gasteiger partial charge in [0.2, 0.25) is 0 Å². The number of amides is 4. The molecule has 8 heteroatoms. The number of carbonyl (C=O) groups excluding carboxylic acids is 2. The fourth-order valence-corrected chi connectivity index (χ4v) is 3.10. The molecular formula is C21H15N4O4+. The molecule has 1 aliphatic rings. The molecule has 1 heterocycles. The van der Waals surface area contributed by atoms with Gasteiger partial charge in [-0.2, -0.15) is 4.79 Å². The second kappa shape index (κ2) is 7.35. The first-order valence-corrected chi connectivity index (χ1v) is 8.73. The van der Waals surface area contributed by atoms with Crippen molar-refractivity contribution >= 4 is 29.1 Å². The number of nitro groups is 1. The van der Waals surface area contributed by atoms with Crippen molar-refractivity contribution in [2.75, 3.05) is 4.90 Å². The van der Waals surface area contributed by atoms with E-state index >= 15 is 0 Å². The average Bonchev–Trinajstić information content (AvgIpc) is 3.04. The number of imide groups is 1. The Kier molecular flexibility index (Phi) is 4.58. The van der Waals surface area contributed by atoms with Crippen LogP contribution in [0.1, 0.15) is 11.1 Å². The Labute approximate surface area is 165 Å². The fraction of sp³-hybridized carbons (Fsp3) is 0. The van der Waals surface area contributed by atoms with Crippen LogP contribution in [-0.2, 0) is 0 Å². The third-order valence-corrected chi connectivity index (χ3v) is 4.43. The summed E-state index contributed by atoms with van der Waals surface area (Å²) >= 11 is 0. The Hall–Kier alpha value is -4.33. The van der Waals surface area contributed by atoms with E-state index < -0.39 is 17.0 Å². The number of benzene rings is 3. The third kappa shape index (κ3) is 3.34. The van der Waals surface area contributed by atoms with Gasteiger partial charge in [0.15, 0.2) is 5.71 Å². The van der Waals surface area contributed by atoms with E-state index in [2.05, 4.69) is 5.43 Å². The molecule has 0 radical (unpaired) electrons. The van der Waals surface area contributed by atoms with Crippen molar-refractivity contribution in [2.45, 2.75) is 0 Å². The summed E-state index contributed by atoms with van der Waals surface area (Å²) in [6, 6.07) is 22.3. The Morgan fingerprint density at radius 1 is 0.828 bits per heavy atom. The highest BCUT2D eigenvalue weighted by Gasteiger charge is 2.46. The van der Waals surface area contributed by atoms with E-state index in [0.717, 1.165) is 9.58 Å². The number of urea groups is 2. The zero-order chi connectivity index (χ0) is 20.4. The van der Waals surface area contributed by atoms with Crippen molar-refractivity contribution in [3.05, 3.63) is 106 Å². The molecule has 3 aromatic rings. The number of para-hydroxylation sites is 1. The molecule has 0 spiro atoms. The molecule has 142 valence electrons. The summed E-state index contributed by atoms with van der Waals surface area (Å²) in [5.41, 5.74) is 4.59. The first kappa shape index (κ1) is 18.1. The van der Waals surface area contributed by atoms with Crippen molar-refractivity contribution in [1.29, 1.82) is 0 Å². The standard InChI is InChI=1S/C21H14N4O4/c26-20-22-24(21(27)23(20)17-9-5-2-6-10-17)19(15-7-3-1-4-8-15)16-11-13-18(14-12-16)25(28)29/h1-14H/p+1/b24-19-. The molecule has 0 atom stereocenters. The topological polar surface area (TPSA) is 95.6 Å². The molecule has 4 rings (SSSR count). The monoisotopic (exact) mass is 387 g/mol. The van der Waals surface area contributed by atoms with Crippen LogP contribution in [0, 0.1) is 10.1 Å². The van der Waals surface area contributed by atoms with Gasteiger partial charge in [0, 0.05) is 23.3 Å². The maximum Gasteiger partial charge on any atom is 0.532 e. The minimum Gasteiger partial charge on any atom is -0.258 e. The zero-order valence-corrected chi connectivity index (χ0v) is 15.1. The van der Waals surface area contributed by atoms with Gasteiger partial charge in [-0.05, 0) is 24.3 Å². The summed E-state index contributed by atoms with van der Waals surface area (Å²) in [4.78, 5) is 37.2. The van der Waals surface area contributed by atoms with Gasteiger partial charge < -0.3 is 0 Å². The number of anilines is 1. The highest BCUT2D eigenvalue weighted by atomic mass is 16.6. The largest absolute Gasteiger partial charge is 0.532 e. The number of non-ortho nitro benzene ring substituents is 1. The van der Waals surface area contributed by atoms with E-state index in [0.29, 0.717) is 22.5 Å². The smallest absolute Gasteiger partial charge is 0.258 e. The van der Waals surface area contributed by atoms with Crippen molar-refractivity contribution in [1.82, 2.24) is 5.43 Å². The predicted molar refractivity (Wildman–Crippen MR) is 106 cm³/mol. The average molecular weight is 387 g/mol. The molecule has 1 saturated heterocycles. The minimum absolute atomic E-state index is 0.0659. The van der Waals surface area contributed by atoms with E-state index in [4.69, 9.17) is 0 Å². The Morgan fingerprint density at radius 3 is 1.97 bits per heavy atom. The molecule has 0 aliphatic carbocycles. The lowest BCUT2D eigenvalue weighted by Gasteiger charge is -2.07. The van der Waals surface area contributed by atoms with Crippen molar-refractivity contribution < 1.29 is 19.2 Å². The lowest BCUT2D eigenvalue weighted by Crippen LogP contribution is -2.33. The molecule has 0 bridgehead atoms. The van der Waals surface area contributed by atoms with Gasteiger partial charge in [-0.15, -0.1) is 10.3 Å². The second-order valence-corrected chi connectivity index (χ2v) is 6.22. The van der Waals surface area contributed by atoms with Crippen LogP contribution in [0.15, 0.2) is 84.9 Å². The zero-order valence-electron chi connectivity index (χ0n) is 15.1. The number of hydrogen-bond acceptors (Lipinski definition) is 4. The van der Waals surface area contributed by atoms with E-state index in [-0.39, 0.29) is 5.69 Å². The van der Waals surface area contributed by atoms with Crippen LogP contribution in [-0.4, -0.2) is 27.4 Å². The van der Waals surface area contributed by atoms with Gasteiger partial charge >= 0.3 is 12.1 Å². The lowest BCUT2D eigenvalue weighted by atomic mass is 10.0. The van der Waals surface area contributed by atoms with Gasteiger partial charge in [-0.3, -0.25) is 10.1 Å². The second-order valence-electron chi connectivity index (χ2n) is 6.22. The molecule has 1 fully saturated rings. The molecule has 0 saturated carbocycles. The van der Waals surface area contributed by atoms with Crippen LogP contribution in [0.4, 0.5) is 21.0 Å². The van der Waals surface area contributed by atoms with Gasteiger partial charge in [-0.25, -0.2) is 4.79 Å². The minimum atomic E-state index is -0.587. The van der Waals surface area contributed by atoms with Crippen LogP contribution in [0.2, 0.25) is 0 Å². The predicted octanol–water partition coefficient (Wildman–Crippen LogP) is 3.71. The van der Waals surface area contributed by atoms with Gasteiger partial charge in [0.25, 0.3) is 5.69 Å². The number of nitro benzene ring substituents is 1. The summed E-state index contributed by atoms with van der Waals surface area (Å²) < 4.78 is 1.16. The summed E-state index contributed by atoms with van der Waals surface area (Å²) in [6.07, 6.45) is 0. The van der Waals surface area contributed by atoms with Crippen LogP contribution in [0.25, 0.3) is 0 Å². The van der Waals surface area contributed by atoms with Crippen LogP contribution < -0.4 is 10.3 Å². The first-order valence-electron chi connectivity index (χ1n) is 8.73. The Morgan fingerprint density at radius 2 is 1.38 bits per heavy atom. The Bertz CT molecular complexity index is 1130. The van der Waals surface area contributed by atoms with E-state index in [1.165, 1.54) is 12.1 Å². The maximum atomic E-state index is 13.1. The van der Waals surface area contributed by atoms with Crippen molar-refractivity contribution in [2.24, 2.45) is 0 Å². The Balaban J connectivity index is 1.87. The quantitative estimate of drug-likeness (QED) is 0.419. The molecule has 0 unspecified atom stereocenters. The van der Waals surface area contributed by atoms with Crippen molar-refractivity contribution in [3.63, 3.8) is 0 Å². The molecule has 0 aromatic heterocycles. The first-order chi connectivity index (χ1) is 14.1.